The summed E-state index contributed by atoms with van der Waals surface area (Å²) in [4.78, 5) is 30.7. The fraction of sp³-hybridized carbons (Fsp3) is 0.722. The normalized spacial score (nSPS) is 11.8. The van der Waals surface area contributed by atoms with E-state index in [2.05, 4.69) is 16.0 Å². The molecule has 0 radical (unpaired) electrons. The Kier molecular flexibility index (Phi) is 14.4. The Morgan fingerprint density at radius 1 is 0.840 bits per heavy atom. The summed E-state index contributed by atoms with van der Waals surface area (Å²) >= 11 is 0. The molecule has 7 nitrogen and oxygen atoms in total. The van der Waals surface area contributed by atoms with Crippen molar-refractivity contribution < 1.29 is 19.5 Å². The first-order valence-electron chi connectivity index (χ1n) is 8.07. The predicted octanol–water partition coefficient (Wildman–Crippen LogP) is 1.38. The molecule has 0 aromatic rings. The second-order valence-corrected chi connectivity index (χ2v) is 7.16. The number of rotatable bonds is 7. The van der Waals surface area contributed by atoms with Gasteiger partial charge in [0.25, 0.3) is 0 Å². The maximum atomic E-state index is 10.6. The zero-order chi connectivity index (χ0) is 20.9. The molecule has 148 valence electrons. The Morgan fingerprint density at radius 3 is 1.36 bits per heavy atom. The van der Waals surface area contributed by atoms with Gasteiger partial charge in [0, 0.05) is 11.6 Å². The zero-order valence-electron chi connectivity index (χ0n) is 17.4. The maximum Gasteiger partial charge on any atom is 0.328 e. The smallest absolute Gasteiger partial charge is 0.328 e. The standard InChI is InChI=1S/C7H13NO2.C6H13NO.C5H11NO/c1-7(2,8-3)5-4-6(9)10;1-5(8)6(2,3)7-4;1-5(2,4-7)6-3/h4-5,8H,1-3H3,(H,9,10);7H,1-4H3;4,6H,1-3H3/b5-4+;;. The lowest BCUT2D eigenvalue weighted by atomic mass is 10.0. The van der Waals surface area contributed by atoms with Gasteiger partial charge in [-0.2, -0.15) is 0 Å². The Hall–Kier alpha value is -1.57. The van der Waals surface area contributed by atoms with Crippen LogP contribution in [0.5, 0.6) is 0 Å². The van der Waals surface area contributed by atoms with Gasteiger partial charge in [0.2, 0.25) is 0 Å². The minimum absolute atomic E-state index is 0.167. The van der Waals surface area contributed by atoms with E-state index in [0.717, 1.165) is 12.4 Å². The van der Waals surface area contributed by atoms with Gasteiger partial charge < -0.3 is 25.9 Å². The van der Waals surface area contributed by atoms with Gasteiger partial charge in [0.05, 0.1) is 11.1 Å². The summed E-state index contributed by atoms with van der Waals surface area (Å²) in [5.74, 6) is -0.747. The molecule has 0 spiro atoms. The topological polar surface area (TPSA) is 108 Å². The number of carbonyl (C=O) groups excluding carboxylic acids is 2. The molecule has 0 bridgehead atoms. The number of Topliss-reactive ketones (excluding diaryl/α,β-unsaturated/α-hetero) is 1. The molecule has 0 aromatic carbocycles. The minimum Gasteiger partial charge on any atom is -0.478 e. The molecule has 0 atom stereocenters. The Bertz CT molecular complexity index is 442. The Morgan fingerprint density at radius 2 is 1.24 bits per heavy atom. The number of nitrogens with one attached hydrogen (secondary N) is 3. The van der Waals surface area contributed by atoms with Crippen LogP contribution >= 0.6 is 0 Å². The average Bonchev–Trinajstić information content (AvgIpc) is 2.54. The molecule has 25 heavy (non-hydrogen) atoms. The summed E-state index contributed by atoms with van der Waals surface area (Å²) in [6.45, 7) is 12.7. The number of carbonyl (C=O) groups is 3. The van der Waals surface area contributed by atoms with Crippen molar-refractivity contribution in [2.24, 2.45) is 0 Å². The third-order valence-corrected chi connectivity index (χ3v) is 3.73. The van der Waals surface area contributed by atoms with E-state index in [0.29, 0.717) is 0 Å². The van der Waals surface area contributed by atoms with Gasteiger partial charge in [-0.1, -0.05) is 6.08 Å². The van der Waals surface area contributed by atoms with E-state index in [-0.39, 0.29) is 22.4 Å². The van der Waals surface area contributed by atoms with Crippen molar-refractivity contribution in [2.45, 2.75) is 65.1 Å². The van der Waals surface area contributed by atoms with Crippen LogP contribution in [0.15, 0.2) is 12.2 Å². The number of carboxylic acid groups (broad SMARTS) is 1. The van der Waals surface area contributed by atoms with E-state index in [1.807, 2.05) is 41.5 Å². The highest BCUT2D eigenvalue weighted by molar-refractivity contribution is 5.85. The van der Waals surface area contributed by atoms with E-state index in [9.17, 15) is 14.4 Å². The quantitative estimate of drug-likeness (QED) is 0.402. The number of aldehydes is 1. The number of hydrogen-bond acceptors (Lipinski definition) is 6. The van der Waals surface area contributed by atoms with E-state index in [4.69, 9.17) is 5.11 Å². The summed E-state index contributed by atoms with van der Waals surface area (Å²) in [7, 11) is 5.32. The van der Waals surface area contributed by atoms with Crippen LogP contribution in [0.2, 0.25) is 0 Å². The molecule has 0 aromatic heterocycles. The third-order valence-electron chi connectivity index (χ3n) is 3.73. The van der Waals surface area contributed by atoms with Crippen molar-refractivity contribution in [2.75, 3.05) is 21.1 Å². The highest BCUT2D eigenvalue weighted by Gasteiger charge is 2.19. The number of aliphatic carboxylic acids is 1. The maximum absolute atomic E-state index is 10.6. The van der Waals surface area contributed by atoms with Gasteiger partial charge in [-0.15, -0.1) is 0 Å². The molecule has 0 aliphatic heterocycles. The van der Waals surface area contributed by atoms with Crippen LogP contribution in [-0.2, 0) is 14.4 Å². The lowest BCUT2D eigenvalue weighted by molar-refractivity contribution is -0.131. The molecule has 0 fully saturated rings. The first kappa shape index (κ1) is 28.2. The largest absolute Gasteiger partial charge is 0.478 e. The zero-order valence-corrected chi connectivity index (χ0v) is 17.4. The van der Waals surface area contributed by atoms with Crippen LogP contribution in [0.4, 0.5) is 0 Å². The van der Waals surface area contributed by atoms with Crippen LogP contribution in [0.1, 0.15) is 48.5 Å². The van der Waals surface area contributed by atoms with Crippen molar-refractivity contribution >= 4 is 18.0 Å². The van der Waals surface area contributed by atoms with Gasteiger partial charge in [-0.05, 0) is 69.6 Å². The van der Waals surface area contributed by atoms with Gasteiger partial charge >= 0.3 is 5.97 Å². The Balaban J connectivity index is -0.000000296. The molecular formula is C18H37N3O4. The highest BCUT2D eigenvalue weighted by atomic mass is 16.4. The molecular weight excluding hydrogens is 322 g/mol. The molecule has 0 aliphatic rings. The lowest BCUT2D eigenvalue weighted by Crippen LogP contribution is -2.42. The van der Waals surface area contributed by atoms with Gasteiger partial charge in [0.15, 0.2) is 0 Å². The third kappa shape index (κ3) is 18.6. The van der Waals surface area contributed by atoms with Gasteiger partial charge in [-0.25, -0.2) is 4.79 Å². The number of ketones is 1. The van der Waals surface area contributed by atoms with Crippen LogP contribution in [0.3, 0.4) is 0 Å². The number of likely N-dealkylation sites (N-methyl/N-ethyl adjacent to an activating group) is 3. The monoisotopic (exact) mass is 359 g/mol. The molecule has 0 saturated heterocycles. The minimum atomic E-state index is -0.914. The number of hydrogen-bond donors (Lipinski definition) is 4. The van der Waals surface area contributed by atoms with Crippen LogP contribution in [0.25, 0.3) is 0 Å². The number of carboxylic acids is 1. The summed E-state index contributed by atoms with van der Waals surface area (Å²) in [5.41, 5.74) is -0.932. The van der Waals surface area contributed by atoms with E-state index >= 15 is 0 Å². The first-order chi connectivity index (χ1) is 11.1. The average molecular weight is 360 g/mol. The molecule has 4 N–H and O–H groups in total. The van der Waals surface area contributed by atoms with Crippen molar-refractivity contribution in [1.82, 2.24) is 16.0 Å². The highest BCUT2D eigenvalue weighted by Crippen LogP contribution is 2.01. The second-order valence-electron chi connectivity index (χ2n) is 7.16. The summed E-state index contributed by atoms with van der Waals surface area (Å²) in [6.07, 6.45) is 3.62. The predicted molar refractivity (Wildman–Crippen MR) is 103 cm³/mol. The van der Waals surface area contributed by atoms with E-state index in [1.165, 1.54) is 0 Å². The first-order valence-corrected chi connectivity index (χ1v) is 8.07. The van der Waals surface area contributed by atoms with Crippen molar-refractivity contribution in [3.8, 4) is 0 Å². The summed E-state index contributed by atoms with van der Waals surface area (Å²) < 4.78 is 0. The van der Waals surface area contributed by atoms with E-state index in [1.54, 1.807) is 34.1 Å². The lowest BCUT2D eigenvalue weighted by Gasteiger charge is -2.19. The molecule has 0 rings (SSSR count). The fourth-order valence-electron chi connectivity index (χ4n) is 0.598. The molecule has 0 amide bonds. The van der Waals surface area contributed by atoms with E-state index < -0.39 is 5.97 Å². The molecule has 0 unspecified atom stereocenters. The summed E-state index contributed by atoms with van der Waals surface area (Å²) in [6, 6.07) is 0. The molecule has 0 heterocycles. The second kappa shape index (κ2) is 12.7. The van der Waals surface area contributed by atoms with Crippen molar-refractivity contribution in [1.29, 1.82) is 0 Å². The Labute approximate surface area is 152 Å². The van der Waals surface area contributed by atoms with Crippen molar-refractivity contribution in [3.05, 3.63) is 12.2 Å². The van der Waals surface area contributed by atoms with Gasteiger partial charge in [0.1, 0.15) is 12.1 Å². The van der Waals surface area contributed by atoms with Crippen LogP contribution in [-0.4, -0.2) is 60.9 Å². The molecule has 7 heteroatoms. The molecule has 0 aliphatic carbocycles. The van der Waals surface area contributed by atoms with Crippen LogP contribution < -0.4 is 16.0 Å². The fourth-order valence-corrected chi connectivity index (χ4v) is 0.598. The van der Waals surface area contributed by atoms with Gasteiger partial charge in [-0.3, -0.25) is 4.79 Å². The molecule has 0 saturated carbocycles. The SMILES string of the molecule is CNC(C)(C)/C=C/C(=O)O.CNC(C)(C)C(C)=O.CNC(C)(C)C=O. The van der Waals surface area contributed by atoms with Crippen LogP contribution in [0, 0.1) is 0 Å². The summed E-state index contributed by atoms with van der Waals surface area (Å²) in [5, 5.41) is 16.9. The van der Waals surface area contributed by atoms with Crippen molar-refractivity contribution in [3.63, 3.8) is 0 Å².